The molecule has 1 saturated heterocycles. The number of urea groups is 1. The minimum Gasteiger partial charge on any atom is -0.455 e. The number of likely N-dealkylation sites (N-methyl/N-ethyl adjacent to an activating group) is 1. The highest BCUT2D eigenvalue weighted by Crippen LogP contribution is 2.26. The fourth-order valence-electron chi connectivity index (χ4n) is 6.23. The average molecular weight is 784 g/mol. The van der Waals surface area contributed by atoms with E-state index in [1.165, 1.54) is 17.1 Å². The summed E-state index contributed by atoms with van der Waals surface area (Å²) in [5.74, 6) is -3.60. The van der Waals surface area contributed by atoms with Crippen molar-refractivity contribution in [3.8, 4) is 5.69 Å². The second-order valence-corrected chi connectivity index (χ2v) is 14.9. The number of amides is 5. The molecule has 17 nitrogen and oxygen atoms in total. The number of carbonyl (C=O) groups is 5. The Balaban J connectivity index is 1.30. The van der Waals surface area contributed by atoms with E-state index in [0.717, 1.165) is 6.42 Å². The van der Waals surface area contributed by atoms with Gasteiger partial charge in [-0.2, -0.15) is 4.68 Å². The lowest BCUT2D eigenvalue weighted by molar-refractivity contribution is -0.137. The number of aromatic amines is 1. The van der Waals surface area contributed by atoms with Crippen molar-refractivity contribution in [2.45, 2.75) is 50.9 Å². The van der Waals surface area contributed by atoms with Crippen LogP contribution in [0, 0.1) is 0 Å². The molecule has 6 rings (SSSR count). The van der Waals surface area contributed by atoms with Crippen molar-refractivity contribution in [3.05, 3.63) is 95.4 Å². The van der Waals surface area contributed by atoms with Gasteiger partial charge in [0.15, 0.2) is 0 Å². The number of nitrogens with one attached hydrogen (secondary N) is 5. The number of benzene rings is 3. The van der Waals surface area contributed by atoms with Crippen molar-refractivity contribution < 1.29 is 28.7 Å². The number of tetrazole rings is 1. The summed E-state index contributed by atoms with van der Waals surface area (Å²) in [5, 5.41) is 22.8. The fraction of sp³-hybridized carbons (Fsp3) is 0.316. The lowest BCUT2D eigenvalue weighted by atomic mass is 9.98. The summed E-state index contributed by atoms with van der Waals surface area (Å²) < 4.78 is 6.77. The van der Waals surface area contributed by atoms with Gasteiger partial charge in [0.25, 0.3) is 0 Å². The number of anilines is 2. The van der Waals surface area contributed by atoms with E-state index in [0.29, 0.717) is 40.9 Å². The van der Waals surface area contributed by atoms with Gasteiger partial charge in [0.1, 0.15) is 23.7 Å². The zero-order chi connectivity index (χ0) is 40.1. The first-order chi connectivity index (χ1) is 26.6. The Hall–Kier alpha value is -6.33. The molecule has 3 atom stereocenters. The van der Waals surface area contributed by atoms with E-state index in [1.54, 1.807) is 92.4 Å². The molecule has 0 saturated carbocycles. The number of hydrogen-bond donors (Lipinski definition) is 5. The number of halogens is 1. The van der Waals surface area contributed by atoms with Crippen molar-refractivity contribution in [2.75, 3.05) is 37.8 Å². The fourth-order valence-corrected chi connectivity index (χ4v) is 6.40. The molecule has 3 aromatic carbocycles. The van der Waals surface area contributed by atoms with Crippen molar-refractivity contribution in [2.24, 2.45) is 0 Å². The van der Waals surface area contributed by atoms with Gasteiger partial charge in [0.05, 0.1) is 17.4 Å². The Morgan fingerprint density at radius 3 is 2.39 bits per heavy atom. The molecule has 1 aliphatic rings. The van der Waals surface area contributed by atoms with Gasteiger partial charge in [-0.15, -0.1) is 5.10 Å². The van der Waals surface area contributed by atoms with Crippen molar-refractivity contribution >= 4 is 63.6 Å². The highest BCUT2D eigenvalue weighted by Gasteiger charge is 2.37. The standard InChI is InChI=1S/C38H42ClN11O6/c1-38(2,3)56-36(54)29-18-23-17-25(12-13-27(23)42-29)41-33(51)32(31(22-9-7-6-8-10-22)45-37(55)49-16-15-26(20-49)48(4)5)44-35(53)34(52)43-28-19-24(39)11-14-30(28)50-21-40-46-47-50/h6-14,17-19,21,26,31-32,42H,15-16,20H2,1-5H3,(H,41,51)(H,43,52)(H,44,53)(H,45,55)/t26-,31?,32?/m0/s1. The summed E-state index contributed by atoms with van der Waals surface area (Å²) in [4.78, 5) is 75.0. The number of fused-ring (bicyclic) bond motifs is 1. The number of rotatable bonds is 10. The first-order valence-electron chi connectivity index (χ1n) is 17.7. The molecule has 1 aliphatic heterocycles. The molecule has 5 amide bonds. The predicted molar refractivity (Wildman–Crippen MR) is 208 cm³/mol. The highest BCUT2D eigenvalue weighted by atomic mass is 35.5. The van der Waals surface area contributed by atoms with Gasteiger partial charge in [0.2, 0.25) is 5.91 Å². The Morgan fingerprint density at radius 2 is 1.71 bits per heavy atom. The van der Waals surface area contributed by atoms with E-state index in [2.05, 4.69) is 41.8 Å². The zero-order valence-corrected chi connectivity index (χ0v) is 32.1. The van der Waals surface area contributed by atoms with Crippen LogP contribution in [0.3, 0.4) is 0 Å². The second-order valence-electron chi connectivity index (χ2n) is 14.5. The predicted octanol–water partition coefficient (Wildman–Crippen LogP) is 3.90. The van der Waals surface area contributed by atoms with E-state index in [9.17, 15) is 24.0 Å². The van der Waals surface area contributed by atoms with Gasteiger partial charge < -0.3 is 40.8 Å². The third-order valence-electron chi connectivity index (χ3n) is 9.04. The molecule has 0 spiro atoms. The lowest BCUT2D eigenvalue weighted by Crippen LogP contribution is -2.56. The van der Waals surface area contributed by atoms with Crippen LogP contribution in [0.4, 0.5) is 16.2 Å². The van der Waals surface area contributed by atoms with Crippen LogP contribution < -0.4 is 21.3 Å². The molecule has 2 unspecified atom stereocenters. The van der Waals surface area contributed by atoms with Crippen LogP contribution >= 0.6 is 11.6 Å². The van der Waals surface area contributed by atoms with Crippen LogP contribution in [-0.2, 0) is 19.1 Å². The monoisotopic (exact) mass is 783 g/mol. The molecule has 1 fully saturated rings. The molecule has 0 aliphatic carbocycles. The summed E-state index contributed by atoms with van der Waals surface area (Å²) in [6.45, 7) is 6.23. The SMILES string of the molecule is CN(C)[C@H]1CCN(C(=O)NC(c2ccccc2)C(NC(=O)C(=O)Nc2cc(Cl)ccc2-n2cnnn2)C(=O)Nc2ccc3[nH]c(C(=O)OC(C)(C)C)cc3c2)C1. The van der Waals surface area contributed by atoms with Crippen LogP contribution in [0.1, 0.15) is 49.3 Å². The van der Waals surface area contributed by atoms with E-state index in [1.807, 2.05) is 19.0 Å². The van der Waals surface area contributed by atoms with Gasteiger partial charge in [0, 0.05) is 40.7 Å². The third kappa shape index (κ3) is 9.48. The maximum absolute atomic E-state index is 14.4. The maximum Gasteiger partial charge on any atom is 0.355 e. The first kappa shape index (κ1) is 39.4. The van der Waals surface area contributed by atoms with Crippen LogP contribution in [-0.4, -0.2) is 110 Å². The Labute approximate surface area is 327 Å². The molecule has 292 valence electrons. The van der Waals surface area contributed by atoms with Crippen molar-refractivity contribution in [1.82, 2.24) is 45.6 Å². The van der Waals surface area contributed by atoms with Crippen LogP contribution in [0.25, 0.3) is 16.6 Å². The number of likely N-dealkylation sites (tertiary alicyclic amines) is 1. The number of aromatic nitrogens is 5. The molecular weight excluding hydrogens is 742 g/mol. The lowest BCUT2D eigenvalue weighted by Gasteiger charge is -2.30. The average Bonchev–Trinajstić information content (AvgIpc) is 3.94. The summed E-state index contributed by atoms with van der Waals surface area (Å²) in [7, 11) is 3.89. The first-order valence-corrected chi connectivity index (χ1v) is 18.1. The summed E-state index contributed by atoms with van der Waals surface area (Å²) in [6.07, 6.45) is 2.06. The van der Waals surface area contributed by atoms with Crippen molar-refractivity contribution in [1.29, 1.82) is 0 Å². The Kier molecular flexibility index (Phi) is 11.7. The van der Waals surface area contributed by atoms with E-state index in [-0.39, 0.29) is 22.4 Å². The summed E-state index contributed by atoms with van der Waals surface area (Å²) in [6, 6.07) is 16.8. The van der Waals surface area contributed by atoms with Gasteiger partial charge >= 0.3 is 23.8 Å². The molecule has 3 heterocycles. The zero-order valence-electron chi connectivity index (χ0n) is 31.4. The topological polar surface area (TPSA) is 209 Å². The van der Waals surface area contributed by atoms with Crippen LogP contribution in [0.15, 0.2) is 79.1 Å². The Bertz CT molecular complexity index is 2240. The number of nitrogens with zero attached hydrogens (tertiary/aromatic N) is 6. The minimum atomic E-state index is -1.52. The summed E-state index contributed by atoms with van der Waals surface area (Å²) >= 11 is 6.22. The normalized spacial score (nSPS) is 15.3. The molecule has 18 heteroatoms. The smallest absolute Gasteiger partial charge is 0.355 e. The van der Waals surface area contributed by atoms with Gasteiger partial charge in [-0.3, -0.25) is 14.4 Å². The molecular formula is C38H42ClN11O6. The van der Waals surface area contributed by atoms with Crippen LogP contribution in [0.2, 0.25) is 5.02 Å². The summed E-state index contributed by atoms with van der Waals surface area (Å²) in [5.41, 5.74) is 1.38. The molecule has 0 bridgehead atoms. The maximum atomic E-state index is 14.4. The molecule has 5 N–H and O–H groups in total. The van der Waals surface area contributed by atoms with E-state index < -0.39 is 47.4 Å². The van der Waals surface area contributed by atoms with E-state index >= 15 is 0 Å². The number of H-pyrrole nitrogens is 1. The molecule has 56 heavy (non-hydrogen) atoms. The number of esters is 1. The number of hydrogen-bond acceptors (Lipinski definition) is 10. The van der Waals surface area contributed by atoms with Crippen LogP contribution in [0.5, 0.6) is 0 Å². The van der Waals surface area contributed by atoms with Gasteiger partial charge in [-0.1, -0.05) is 41.9 Å². The largest absolute Gasteiger partial charge is 0.455 e. The van der Waals surface area contributed by atoms with E-state index in [4.69, 9.17) is 16.3 Å². The Morgan fingerprint density at radius 1 is 0.946 bits per heavy atom. The minimum absolute atomic E-state index is 0.119. The van der Waals surface area contributed by atoms with Gasteiger partial charge in [-0.05, 0) is 99.7 Å². The highest BCUT2D eigenvalue weighted by molar-refractivity contribution is 6.40. The molecule has 0 radical (unpaired) electrons. The third-order valence-corrected chi connectivity index (χ3v) is 9.27. The van der Waals surface area contributed by atoms with Crippen molar-refractivity contribution in [3.63, 3.8) is 0 Å². The van der Waals surface area contributed by atoms with Gasteiger partial charge in [-0.25, -0.2) is 9.59 Å². The number of ether oxygens (including phenoxy) is 1. The molecule has 2 aromatic heterocycles. The number of carbonyl (C=O) groups excluding carboxylic acids is 5. The second kappa shape index (κ2) is 16.6. The quantitative estimate of drug-likeness (QED) is 0.102. The molecule has 5 aromatic rings.